The number of carbonyl (C=O) groups excluding carboxylic acids is 1. The Morgan fingerprint density at radius 3 is 2.15 bits per heavy atom. The lowest BCUT2D eigenvalue weighted by molar-refractivity contribution is -0.172. The second-order valence-electron chi connectivity index (χ2n) is 8.31. The van der Waals surface area contributed by atoms with Gasteiger partial charge in [-0.1, -0.05) is 60.7 Å². The van der Waals surface area contributed by atoms with Gasteiger partial charge < -0.3 is 4.90 Å². The highest BCUT2D eigenvalue weighted by atomic mass is 16.2. The Labute approximate surface area is 155 Å². The van der Waals surface area contributed by atoms with Crippen LogP contribution in [0.5, 0.6) is 0 Å². The van der Waals surface area contributed by atoms with Crippen LogP contribution in [0, 0.1) is 17.8 Å². The monoisotopic (exact) mass is 346 g/mol. The first-order valence-electron chi connectivity index (χ1n) is 9.90. The lowest BCUT2D eigenvalue weighted by atomic mass is 9.67. The molecule has 4 unspecified atom stereocenters. The average molecular weight is 346 g/mol. The fraction of sp³-hybridized carbons (Fsp3) is 0.435. The highest BCUT2D eigenvalue weighted by Gasteiger charge is 2.51. The van der Waals surface area contributed by atoms with E-state index in [2.05, 4.69) is 64.4 Å². The van der Waals surface area contributed by atoms with Gasteiger partial charge in [0.2, 0.25) is 5.91 Å². The standard InChI is InChI=1S/C23H26N2O/c26-23-21-12-19-11-20(13-21)22(25(23)16-18-9-5-2-6-10-18)24(15-19)14-17-7-3-1-4-8-17/h1-10,19-22H,11-16H2. The zero-order valence-electron chi connectivity index (χ0n) is 15.1. The molecule has 134 valence electrons. The van der Waals surface area contributed by atoms with E-state index in [-0.39, 0.29) is 12.1 Å². The van der Waals surface area contributed by atoms with Crippen molar-refractivity contribution in [1.82, 2.24) is 9.80 Å². The van der Waals surface area contributed by atoms with Gasteiger partial charge >= 0.3 is 0 Å². The summed E-state index contributed by atoms with van der Waals surface area (Å²) in [6.45, 7) is 2.82. The van der Waals surface area contributed by atoms with E-state index in [0.29, 0.717) is 17.7 Å². The molecular formula is C23H26N2O. The fourth-order valence-corrected chi connectivity index (χ4v) is 5.56. The van der Waals surface area contributed by atoms with Gasteiger partial charge in [0.05, 0.1) is 6.17 Å². The molecule has 2 heterocycles. The van der Waals surface area contributed by atoms with Crippen LogP contribution in [0.4, 0.5) is 0 Å². The normalized spacial score (nSPS) is 30.6. The molecule has 1 amide bonds. The van der Waals surface area contributed by atoms with Crippen molar-refractivity contribution in [2.45, 2.75) is 38.5 Å². The highest BCUT2D eigenvalue weighted by molar-refractivity contribution is 5.80. The van der Waals surface area contributed by atoms with E-state index in [1.807, 2.05) is 6.07 Å². The Morgan fingerprint density at radius 1 is 0.808 bits per heavy atom. The van der Waals surface area contributed by atoms with Crippen molar-refractivity contribution >= 4 is 5.91 Å². The van der Waals surface area contributed by atoms with E-state index < -0.39 is 0 Å². The van der Waals surface area contributed by atoms with E-state index in [0.717, 1.165) is 32.5 Å². The molecule has 3 nitrogen and oxygen atoms in total. The van der Waals surface area contributed by atoms with Gasteiger partial charge in [-0.2, -0.15) is 0 Å². The van der Waals surface area contributed by atoms with Crippen molar-refractivity contribution in [3.8, 4) is 0 Å². The minimum atomic E-state index is 0.260. The minimum absolute atomic E-state index is 0.260. The van der Waals surface area contributed by atoms with Crippen LogP contribution in [-0.2, 0) is 17.9 Å². The molecule has 2 aromatic carbocycles. The molecular weight excluding hydrogens is 320 g/mol. The Balaban J connectivity index is 1.46. The van der Waals surface area contributed by atoms with Crippen molar-refractivity contribution in [3.63, 3.8) is 0 Å². The number of carbonyl (C=O) groups is 1. The van der Waals surface area contributed by atoms with E-state index in [9.17, 15) is 4.79 Å². The number of hydrogen-bond donors (Lipinski definition) is 0. The van der Waals surface area contributed by atoms with Crippen LogP contribution < -0.4 is 0 Å². The maximum atomic E-state index is 13.2. The number of benzene rings is 2. The van der Waals surface area contributed by atoms with Gasteiger partial charge in [0.15, 0.2) is 0 Å². The lowest BCUT2D eigenvalue weighted by Gasteiger charge is -2.57. The smallest absolute Gasteiger partial charge is 0.227 e. The number of likely N-dealkylation sites (tertiary alicyclic amines) is 2. The summed E-state index contributed by atoms with van der Waals surface area (Å²) in [5.41, 5.74) is 2.59. The van der Waals surface area contributed by atoms with Gasteiger partial charge in [0, 0.05) is 25.6 Å². The number of fused-ring (bicyclic) bond motifs is 2. The Hall–Kier alpha value is -2.13. The molecule has 2 aliphatic heterocycles. The molecule has 0 N–H and O–H groups in total. The summed E-state index contributed by atoms with van der Waals surface area (Å²) >= 11 is 0. The summed E-state index contributed by atoms with van der Waals surface area (Å²) < 4.78 is 0. The Bertz CT molecular complexity index is 773. The molecule has 1 saturated carbocycles. The number of rotatable bonds is 4. The van der Waals surface area contributed by atoms with Crippen molar-refractivity contribution in [2.75, 3.05) is 6.54 Å². The predicted octanol–water partition coefficient (Wildman–Crippen LogP) is 3.90. The molecule has 4 atom stereocenters. The SMILES string of the molecule is O=C1C2CC3CC(C2)C(N(Cc2ccccc2)C3)N1Cc1ccccc1. The third kappa shape index (κ3) is 2.84. The Morgan fingerprint density at radius 2 is 1.46 bits per heavy atom. The van der Waals surface area contributed by atoms with Gasteiger partial charge in [0.25, 0.3) is 0 Å². The first-order chi connectivity index (χ1) is 12.8. The molecule has 3 aliphatic rings. The first-order valence-corrected chi connectivity index (χ1v) is 9.90. The van der Waals surface area contributed by atoms with E-state index in [4.69, 9.17) is 0 Å². The average Bonchev–Trinajstić information content (AvgIpc) is 2.67. The van der Waals surface area contributed by atoms with Gasteiger partial charge in [-0.05, 0) is 42.2 Å². The largest absolute Gasteiger partial charge is 0.322 e. The third-order valence-electron chi connectivity index (χ3n) is 6.51. The highest BCUT2D eigenvalue weighted by Crippen LogP contribution is 2.47. The zero-order valence-corrected chi connectivity index (χ0v) is 15.1. The van der Waals surface area contributed by atoms with Crippen LogP contribution in [0.2, 0.25) is 0 Å². The summed E-state index contributed by atoms with van der Waals surface area (Å²) in [6, 6.07) is 21.2. The summed E-state index contributed by atoms with van der Waals surface area (Å²) in [4.78, 5) is 18.0. The Kier molecular flexibility index (Phi) is 4.05. The molecule has 1 aliphatic carbocycles. The molecule has 2 saturated heterocycles. The lowest BCUT2D eigenvalue weighted by Crippen LogP contribution is -2.65. The maximum absolute atomic E-state index is 13.2. The summed E-state index contributed by atoms with van der Waals surface area (Å²) in [5.74, 6) is 1.98. The number of amides is 1. The molecule has 2 aromatic rings. The van der Waals surface area contributed by atoms with Gasteiger partial charge in [0.1, 0.15) is 0 Å². The summed E-state index contributed by atoms with van der Waals surface area (Å²) in [7, 11) is 0. The first kappa shape index (κ1) is 16.1. The van der Waals surface area contributed by atoms with Gasteiger partial charge in [-0.15, -0.1) is 0 Å². The quantitative estimate of drug-likeness (QED) is 0.838. The number of piperidine rings is 2. The maximum Gasteiger partial charge on any atom is 0.227 e. The number of nitrogens with zero attached hydrogens (tertiary/aromatic N) is 2. The van der Waals surface area contributed by atoms with Crippen molar-refractivity contribution in [2.24, 2.45) is 17.8 Å². The summed E-state index contributed by atoms with van der Waals surface area (Å²) in [5, 5.41) is 0. The fourth-order valence-electron chi connectivity index (χ4n) is 5.56. The van der Waals surface area contributed by atoms with E-state index >= 15 is 0 Å². The van der Waals surface area contributed by atoms with Crippen molar-refractivity contribution in [1.29, 1.82) is 0 Å². The molecule has 5 rings (SSSR count). The van der Waals surface area contributed by atoms with Gasteiger partial charge in [-0.3, -0.25) is 9.69 Å². The van der Waals surface area contributed by atoms with E-state index in [1.165, 1.54) is 17.5 Å². The minimum Gasteiger partial charge on any atom is -0.322 e. The molecule has 0 aromatic heterocycles. The molecule has 26 heavy (non-hydrogen) atoms. The molecule has 0 spiro atoms. The van der Waals surface area contributed by atoms with Crippen LogP contribution in [-0.4, -0.2) is 28.4 Å². The third-order valence-corrected chi connectivity index (χ3v) is 6.51. The molecule has 3 bridgehead atoms. The van der Waals surface area contributed by atoms with E-state index in [1.54, 1.807) is 0 Å². The second-order valence-corrected chi connectivity index (χ2v) is 8.31. The molecule has 3 fully saturated rings. The molecule has 0 radical (unpaired) electrons. The van der Waals surface area contributed by atoms with Gasteiger partial charge in [-0.25, -0.2) is 0 Å². The van der Waals surface area contributed by atoms with Crippen molar-refractivity contribution < 1.29 is 4.79 Å². The van der Waals surface area contributed by atoms with Crippen LogP contribution in [0.1, 0.15) is 30.4 Å². The van der Waals surface area contributed by atoms with Crippen LogP contribution in [0.25, 0.3) is 0 Å². The van der Waals surface area contributed by atoms with Crippen LogP contribution >= 0.6 is 0 Å². The predicted molar refractivity (Wildman–Crippen MR) is 102 cm³/mol. The second kappa shape index (κ2) is 6.55. The van der Waals surface area contributed by atoms with Crippen molar-refractivity contribution in [3.05, 3.63) is 71.8 Å². The summed E-state index contributed by atoms with van der Waals surface area (Å²) in [6.07, 6.45) is 3.73. The van der Waals surface area contributed by atoms with Crippen LogP contribution in [0.3, 0.4) is 0 Å². The topological polar surface area (TPSA) is 23.6 Å². The zero-order chi connectivity index (χ0) is 17.5. The number of hydrogen-bond acceptors (Lipinski definition) is 2. The molecule has 3 heteroatoms. The van der Waals surface area contributed by atoms with Crippen LogP contribution in [0.15, 0.2) is 60.7 Å².